The van der Waals surface area contributed by atoms with Crippen molar-refractivity contribution in [3.05, 3.63) is 38.7 Å². The van der Waals surface area contributed by atoms with Crippen LogP contribution < -0.4 is 11.2 Å². The summed E-state index contributed by atoms with van der Waals surface area (Å²) < 4.78 is 13.9. The molecule has 0 aliphatic carbocycles. The molecule has 6 nitrogen and oxygen atoms in total. The molecule has 1 aliphatic heterocycles. The Labute approximate surface area is 105 Å². The summed E-state index contributed by atoms with van der Waals surface area (Å²) >= 11 is 0. The second-order valence-electron chi connectivity index (χ2n) is 4.18. The number of hydrogen-bond donors (Lipinski definition) is 2. The topological polar surface area (TPSA) is 84.3 Å². The quantitative estimate of drug-likeness (QED) is 0.790. The number of aromatic amines is 1. The Hall–Kier alpha value is -1.66. The molecule has 18 heavy (non-hydrogen) atoms. The van der Waals surface area contributed by atoms with E-state index in [1.807, 2.05) is 0 Å². The number of rotatable bonds is 2. The number of aliphatic hydroxyl groups is 1. The molecular formula is C12H16N2O4. The van der Waals surface area contributed by atoms with Gasteiger partial charge in [-0.3, -0.25) is 14.3 Å². The summed E-state index contributed by atoms with van der Waals surface area (Å²) in [4.78, 5) is 25.5. The minimum Gasteiger partial charge on any atom is -0.390 e. The molecular weight excluding hydrogens is 236 g/mol. The molecule has 0 bridgehead atoms. The fraction of sp³-hybridized carbons (Fsp3) is 0.500. The van der Waals surface area contributed by atoms with Crippen LogP contribution in [0.15, 0.2) is 21.9 Å². The first-order valence-electron chi connectivity index (χ1n) is 6.38. The Morgan fingerprint density at radius 1 is 1.67 bits per heavy atom. The molecule has 3 atom stereocenters. The van der Waals surface area contributed by atoms with Crippen molar-refractivity contribution in [2.75, 3.05) is 0 Å². The minimum absolute atomic E-state index is 0.0719. The van der Waals surface area contributed by atoms with Gasteiger partial charge in [0, 0.05) is 14.0 Å². The van der Waals surface area contributed by atoms with Gasteiger partial charge in [-0.2, -0.15) is 0 Å². The summed E-state index contributed by atoms with van der Waals surface area (Å²) in [7, 11) is 0. The lowest BCUT2D eigenvalue weighted by molar-refractivity contribution is -0.0101. The van der Waals surface area contributed by atoms with Crippen molar-refractivity contribution in [3.63, 3.8) is 0 Å². The number of aliphatic hydroxyl groups excluding tert-OH is 1. The Morgan fingerprint density at radius 2 is 2.44 bits per heavy atom. The Morgan fingerprint density at radius 3 is 3.06 bits per heavy atom. The summed E-state index contributed by atoms with van der Waals surface area (Å²) in [6.45, 7) is 1.69. The fourth-order valence-electron chi connectivity index (χ4n) is 1.90. The van der Waals surface area contributed by atoms with Crippen molar-refractivity contribution < 1.29 is 11.2 Å². The molecule has 98 valence electrons. The highest BCUT2D eigenvalue weighted by atomic mass is 16.5. The summed E-state index contributed by atoms with van der Waals surface area (Å²) in [6, 6.07) is 0. The molecule has 0 aromatic carbocycles. The number of H-pyrrole nitrogens is 1. The molecule has 1 aromatic rings. The van der Waals surface area contributed by atoms with Gasteiger partial charge < -0.3 is 9.84 Å². The maximum absolute atomic E-state index is 11.8. The fourth-order valence-corrected chi connectivity index (χ4v) is 1.90. The zero-order valence-electron chi connectivity index (χ0n) is 11.0. The van der Waals surface area contributed by atoms with Gasteiger partial charge in [0.05, 0.1) is 17.8 Å². The van der Waals surface area contributed by atoms with Gasteiger partial charge in [-0.25, -0.2) is 4.79 Å². The van der Waals surface area contributed by atoms with Crippen LogP contribution in [-0.2, 0) is 4.74 Å². The van der Waals surface area contributed by atoms with E-state index in [1.54, 1.807) is 19.1 Å². The largest absolute Gasteiger partial charge is 0.390 e. The average Bonchev–Trinajstić information content (AvgIpc) is 2.74. The van der Waals surface area contributed by atoms with Crippen LogP contribution in [0.4, 0.5) is 0 Å². The minimum atomic E-state index is -0.772. The molecule has 0 spiro atoms. The van der Waals surface area contributed by atoms with Crippen molar-refractivity contribution in [1.29, 1.82) is 0 Å². The predicted octanol–water partition coefficient (Wildman–Crippen LogP) is 0.238. The van der Waals surface area contributed by atoms with Gasteiger partial charge in [0.25, 0.3) is 5.56 Å². The van der Waals surface area contributed by atoms with E-state index in [2.05, 4.69) is 4.98 Å². The average molecular weight is 253 g/mol. The highest BCUT2D eigenvalue weighted by molar-refractivity contribution is 5.45. The summed E-state index contributed by atoms with van der Waals surface area (Å²) in [6.07, 6.45) is 2.88. The molecule has 1 aliphatic rings. The third-order valence-corrected chi connectivity index (χ3v) is 2.86. The second-order valence-corrected chi connectivity index (χ2v) is 4.18. The molecule has 0 radical (unpaired) electrons. The van der Waals surface area contributed by atoms with E-state index in [9.17, 15) is 14.7 Å². The van der Waals surface area contributed by atoms with Crippen LogP contribution in [0, 0.1) is 0 Å². The van der Waals surface area contributed by atoms with Gasteiger partial charge in [0.1, 0.15) is 6.23 Å². The van der Waals surface area contributed by atoms with Gasteiger partial charge in [-0.1, -0.05) is 12.2 Å². The Kier molecular flexibility index (Phi) is 3.12. The molecule has 2 N–H and O–H groups in total. The second kappa shape index (κ2) is 4.91. The van der Waals surface area contributed by atoms with Gasteiger partial charge in [0.2, 0.25) is 0 Å². The van der Waals surface area contributed by atoms with Crippen LogP contribution in [0.25, 0.3) is 6.08 Å². The highest BCUT2D eigenvalue weighted by Gasteiger charge is 2.32. The van der Waals surface area contributed by atoms with E-state index in [4.69, 9.17) is 6.11 Å². The molecule has 0 saturated carbocycles. The maximum atomic E-state index is 11.8. The molecule has 6 heteroatoms. The smallest absolute Gasteiger partial charge is 0.330 e. The first kappa shape index (κ1) is 11.4. The lowest BCUT2D eigenvalue weighted by Crippen LogP contribution is -2.33. The van der Waals surface area contributed by atoms with Crippen molar-refractivity contribution in [2.24, 2.45) is 0 Å². The van der Waals surface area contributed by atoms with E-state index in [1.165, 1.54) is 10.8 Å². The van der Waals surface area contributed by atoms with E-state index in [0.29, 0.717) is 5.56 Å². The summed E-state index contributed by atoms with van der Waals surface area (Å²) in [5.74, 6) is 0. The van der Waals surface area contributed by atoms with Crippen molar-refractivity contribution >= 4 is 6.08 Å². The molecule has 2 rings (SSSR count). The van der Waals surface area contributed by atoms with Gasteiger partial charge >= 0.3 is 5.69 Å². The first-order valence-corrected chi connectivity index (χ1v) is 5.67. The van der Waals surface area contributed by atoms with Gasteiger partial charge in [0.15, 0.2) is 0 Å². The molecule has 2 heterocycles. The molecule has 1 fully saturated rings. The third-order valence-electron chi connectivity index (χ3n) is 2.86. The zero-order valence-corrected chi connectivity index (χ0v) is 10.00. The van der Waals surface area contributed by atoms with E-state index in [-0.39, 0.29) is 13.3 Å². The molecule has 1 unspecified atom stereocenters. The van der Waals surface area contributed by atoms with E-state index < -0.39 is 29.7 Å². The number of hydrogen-bond acceptors (Lipinski definition) is 4. The van der Waals surface area contributed by atoms with Crippen molar-refractivity contribution in [1.82, 2.24) is 9.55 Å². The summed E-state index contributed by atoms with van der Waals surface area (Å²) in [5, 5.41) is 9.69. The Balaban J connectivity index is 2.38. The normalized spacial score (nSPS) is 28.8. The predicted molar refractivity (Wildman–Crippen MR) is 66.2 cm³/mol. The lowest BCUT2D eigenvalue weighted by atomic mass is 10.2. The number of ether oxygens (including phenoxy) is 1. The van der Waals surface area contributed by atoms with Crippen molar-refractivity contribution in [2.45, 2.75) is 38.7 Å². The standard InChI is InChI=1S/C12H16N2O4/c1-3-4-8-6-14(12(17)13-11(8)16)10-5-9(15)7(2)18-10/h3-4,6-7,9-10,15H,5H2,1-2H3,(H,13,16,17)/b4-3+/t7-,9?,10-/m1/s1/i2D. The third kappa shape index (κ3) is 2.30. The number of nitrogens with one attached hydrogen (secondary N) is 1. The SMILES string of the molecule is [2H]C[C@H]1O[C@@H](n2cc(/C=C/C)c(=O)[nH]c2=O)CC1O. The van der Waals surface area contributed by atoms with Crippen LogP contribution in [0.1, 0.15) is 33.4 Å². The molecule has 1 aromatic heterocycles. The van der Waals surface area contributed by atoms with Crippen LogP contribution >= 0.6 is 0 Å². The summed E-state index contributed by atoms with van der Waals surface area (Å²) in [5.41, 5.74) is -0.703. The number of nitrogens with zero attached hydrogens (tertiary/aromatic N) is 1. The van der Waals surface area contributed by atoms with Crippen LogP contribution in [0.3, 0.4) is 0 Å². The van der Waals surface area contributed by atoms with E-state index in [0.717, 1.165) is 0 Å². The number of allylic oxidation sites excluding steroid dienone is 1. The van der Waals surface area contributed by atoms with Crippen LogP contribution in [0.5, 0.6) is 0 Å². The first-order chi connectivity index (χ1) is 9.06. The lowest BCUT2D eigenvalue weighted by Gasteiger charge is -2.13. The van der Waals surface area contributed by atoms with Crippen molar-refractivity contribution in [3.8, 4) is 0 Å². The molecule has 1 saturated heterocycles. The Bertz CT molecular complexity index is 592. The van der Waals surface area contributed by atoms with Crippen LogP contribution in [-0.4, -0.2) is 26.9 Å². The monoisotopic (exact) mass is 253 g/mol. The zero-order chi connectivity index (χ0) is 14.0. The van der Waals surface area contributed by atoms with Gasteiger partial charge in [-0.05, 0) is 13.8 Å². The number of aromatic nitrogens is 2. The maximum Gasteiger partial charge on any atom is 0.330 e. The van der Waals surface area contributed by atoms with Crippen LogP contribution in [0.2, 0.25) is 0 Å². The van der Waals surface area contributed by atoms with E-state index >= 15 is 0 Å². The highest BCUT2D eigenvalue weighted by Crippen LogP contribution is 2.26. The molecule has 0 amide bonds. The van der Waals surface area contributed by atoms with Gasteiger partial charge in [-0.15, -0.1) is 0 Å².